The van der Waals surface area contributed by atoms with E-state index in [9.17, 15) is 13.9 Å². The lowest BCUT2D eigenvalue weighted by Crippen LogP contribution is -2.36. The van der Waals surface area contributed by atoms with E-state index in [2.05, 4.69) is 13.8 Å². The number of halogens is 2. The van der Waals surface area contributed by atoms with Crippen LogP contribution >= 0.6 is 0 Å². The third-order valence-corrected chi connectivity index (χ3v) is 4.57. The second kappa shape index (κ2) is 6.21. The summed E-state index contributed by atoms with van der Waals surface area (Å²) in [6.07, 6.45) is 4.78. The standard InChI is InChI=1S/C17H24F2O/c1-12(2)11-17(8-3-4-9-17)15(20)10-13-6-5-7-14(18)16(13)19/h5-7,12,15,20H,3-4,8-11H2,1-2H3. The van der Waals surface area contributed by atoms with E-state index < -0.39 is 17.7 Å². The van der Waals surface area contributed by atoms with Gasteiger partial charge in [0.2, 0.25) is 0 Å². The van der Waals surface area contributed by atoms with Gasteiger partial charge in [-0.3, -0.25) is 0 Å². The van der Waals surface area contributed by atoms with Crippen molar-refractivity contribution >= 4 is 0 Å². The molecular weight excluding hydrogens is 258 g/mol. The van der Waals surface area contributed by atoms with Gasteiger partial charge in [-0.25, -0.2) is 8.78 Å². The molecule has 1 atom stereocenters. The predicted molar refractivity (Wildman–Crippen MR) is 76.4 cm³/mol. The van der Waals surface area contributed by atoms with Gasteiger partial charge in [0.05, 0.1) is 6.10 Å². The fourth-order valence-corrected chi connectivity index (χ4v) is 3.70. The van der Waals surface area contributed by atoms with E-state index in [1.165, 1.54) is 6.07 Å². The average Bonchev–Trinajstić information content (AvgIpc) is 2.84. The van der Waals surface area contributed by atoms with Gasteiger partial charge in [0.25, 0.3) is 0 Å². The van der Waals surface area contributed by atoms with Crippen molar-refractivity contribution in [1.29, 1.82) is 0 Å². The highest BCUT2D eigenvalue weighted by Gasteiger charge is 2.41. The van der Waals surface area contributed by atoms with Crippen LogP contribution in [0.5, 0.6) is 0 Å². The van der Waals surface area contributed by atoms with Crippen LogP contribution in [0.4, 0.5) is 8.78 Å². The Kier molecular flexibility index (Phi) is 4.79. The van der Waals surface area contributed by atoms with Crippen LogP contribution in [0.3, 0.4) is 0 Å². The first-order valence-electron chi connectivity index (χ1n) is 7.55. The Morgan fingerprint density at radius 1 is 1.20 bits per heavy atom. The summed E-state index contributed by atoms with van der Waals surface area (Å²) in [6, 6.07) is 4.19. The highest BCUT2D eigenvalue weighted by molar-refractivity contribution is 5.20. The lowest BCUT2D eigenvalue weighted by molar-refractivity contribution is 0.0128. The SMILES string of the molecule is CC(C)CC1(C(O)Cc2cccc(F)c2F)CCCC1. The normalized spacial score (nSPS) is 19.5. The van der Waals surface area contributed by atoms with Gasteiger partial charge >= 0.3 is 0 Å². The first-order chi connectivity index (χ1) is 9.44. The molecule has 0 aliphatic heterocycles. The summed E-state index contributed by atoms with van der Waals surface area (Å²) in [5.74, 6) is -1.15. The molecule has 1 aliphatic rings. The van der Waals surface area contributed by atoms with E-state index in [1.54, 1.807) is 6.07 Å². The van der Waals surface area contributed by atoms with Crippen molar-refractivity contribution in [3.63, 3.8) is 0 Å². The molecule has 1 N–H and O–H groups in total. The van der Waals surface area contributed by atoms with Crippen LogP contribution in [-0.4, -0.2) is 11.2 Å². The van der Waals surface area contributed by atoms with Crippen LogP contribution in [0.2, 0.25) is 0 Å². The van der Waals surface area contributed by atoms with Crippen LogP contribution in [0.1, 0.15) is 51.5 Å². The maximum absolute atomic E-state index is 13.8. The summed E-state index contributed by atoms with van der Waals surface area (Å²) in [6.45, 7) is 4.30. The van der Waals surface area contributed by atoms with Crippen molar-refractivity contribution in [2.45, 2.75) is 58.5 Å². The van der Waals surface area contributed by atoms with Crippen molar-refractivity contribution in [2.24, 2.45) is 11.3 Å². The van der Waals surface area contributed by atoms with Crippen molar-refractivity contribution < 1.29 is 13.9 Å². The molecule has 1 aromatic carbocycles. The number of benzene rings is 1. The largest absolute Gasteiger partial charge is 0.392 e. The zero-order chi connectivity index (χ0) is 14.8. The maximum atomic E-state index is 13.8. The predicted octanol–water partition coefficient (Wildman–Crippen LogP) is 4.47. The zero-order valence-corrected chi connectivity index (χ0v) is 12.3. The molecule has 2 rings (SSSR count). The molecule has 1 unspecified atom stereocenters. The molecule has 0 spiro atoms. The second-order valence-corrected chi connectivity index (χ2v) is 6.60. The Bertz CT molecular complexity index is 450. The number of hydrogen-bond donors (Lipinski definition) is 1. The van der Waals surface area contributed by atoms with Gasteiger partial charge in [0.1, 0.15) is 0 Å². The van der Waals surface area contributed by atoms with E-state index in [0.717, 1.165) is 38.2 Å². The van der Waals surface area contributed by atoms with Gasteiger partial charge in [0.15, 0.2) is 11.6 Å². The van der Waals surface area contributed by atoms with Gasteiger partial charge in [-0.2, -0.15) is 0 Å². The van der Waals surface area contributed by atoms with E-state index in [0.29, 0.717) is 5.92 Å². The first-order valence-corrected chi connectivity index (χ1v) is 7.55. The zero-order valence-electron chi connectivity index (χ0n) is 12.3. The van der Waals surface area contributed by atoms with Crippen LogP contribution < -0.4 is 0 Å². The smallest absolute Gasteiger partial charge is 0.162 e. The van der Waals surface area contributed by atoms with Crippen molar-refractivity contribution in [2.75, 3.05) is 0 Å². The van der Waals surface area contributed by atoms with Gasteiger partial charge in [-0.1, -0.05) is 38.8 Å². The molecule has 0 heterocycles. The molecule has 112 valence electrons. The van der Waals surface area contributed by atoms with Crippen LogP contribution in [0.25, 0.3) is 0 Å². The summed E-state index contributed by atoms with van der Waals surface area (Å²) in [5.41, 5.74) is 0.167. The highest BCUT2D eigenvalue weighted by Crippen LogP contribution is 2.46. The number of aliphatic hydroxyl groups excluding tert-OH is 1. The Hall–Kier alpha value is -0.960. The molecule has 1 saturated carbocycles. The van der Waals surface area contributed by atoms with Gasteiger partial charge in [-0.05, 0) is 42.2 Å². The summed E-state index contributed by atoms with van der Waals surface area (Å²) >= 11 is 0. The topological polar surface area (TPSA) is 20.2 Å². The number of aliphatic hydroxyl groups is 1. The molecule has 20 heavy (non-hydrogen) atoms. The third kappa shape index (κ3) is 3.20. The van der Waals surface area contributed by atoms with E-state index >= 15 is 0 Å². The lowest BCUT2D eigenvalue weighted by Gasteiger charge is -2.36. The summed E-state index contributed by atoms with van der Waals surface area (Å²) in [7, 11) is 0. The first kappa shape index (κ1) is 15.4. The Balaban J connectivity index is 2.16. The molecule has 1 aromatic rings. The third-order valence-electron chi connectivity index (χ3n) is 4.57. The summed E-state index contributed by atoms with van der Waals surface area (Å²) < 4.78 is 27.0. The fourth-order valence-electron chi connectivity index (χ4n) is 3.70. The monoisotopic (exact) mass is 282 g/mol. The van der Waals surface area contributed by atoms with Crippen molar-refractivity contribution in [3.05, 3.63) is 35.4 Å². The molecular formula is C17H24F2O. The Morgan fingerprint density at radius 2 is 1.85 bits per heavy atom. The summed E-state index contributed by atoms with van der Waals surface area (Å²) in [5, 5.41) is 10.6. The Labute approximate surface area is 120 Å². The number of hydrogen-bond acceptors (Lipinski definition) is 1. The van der Waals surface area contributed by atoms with E-state index in [4.69, 9.17) is 0 Å². The molecule has 0 saturated heterocycles. The van der Waals surface area contributed by atoms with Crippen molar-refractivity contribution in [1.82, 2.24) is 0 Å². The quantitative estimate of drug-likeness (QED) is 0.844. The van der Waals surface area contributed by atoms with Gasteiger partial charge in [0, 0.05) is 6.42 Å². The minimum Gasteiger partial charge on any atom is -0.392 e. The fraction of sp³-hybridized carbons (Fsp3) is 0.647. The minimum atomic E-state index is -0.834. The molecule has 0 aromatic heterocycles. The molecule has 0 amide bonds. The van der Waals surface area contributed by atoms with Crippen LogP contribution in [-0.2, 0) is 6.42 Å². The van der Waals surface area contributed by atoms with Crippen LogP contribution in [0.15, 0.2) is 18.2 Å². The van der Waals surface area contributed by atoms with Gasteiger partial charge in [-0.15, -0.1) is 0 Å². The summed E-state index contributed by atoms with van der Waals surface area (Å²) in [4.78, 5) is 0. The molecule has 3 heteroatoms. The minimum absolute atomic E-state index is 0.118. The highest BCUT2D eigenvalue weighted by atomic mass is 19.2. The number of rotatable bonds is 5. The molecule has 1 aliphatic carbocycles. The van der Waals surface area contributed by atoms with Crippen LogP contribution in [0, 0.1) is 23.0 Å². The molecule has 0 bridgehead atoms. The average molecular weight is 282 g/mol. The van der Waals surface area contributed by atoms with E-state index in [1.807, 2.05) is 0 Å². The second-order valence-electron chi connectivity index (χ2n) is 6.60. The molecule has 1 nitrogen and oxygen atoms in total. The Morgan fingerprint density at radius 3 is 2.45 bits per heavy atom. The molecule has 1 fully saturated rings. The molecule has 0 radical (unpaired) electrons. The maximum Gasteiger partial charge on any atom is 0.162 e. The van der Waals surface area contributed by atoms with E-state index in [-0.39, 0.29) is 17.4 Å². The van der Waals surface area contributed by atoms with Crippen molar-refractivity contribution in [3.8, 4) is 0 Å². The lowest BCUT2D eigenvalue weighted by atomic mass is 9.72. The van der Waals surface area contributed by atoms with Gasteiger partial charge < -0.3 is 5.11 Å².